The van der Waals surface area contributed by atoms with Crippen LogP contribution in [0.4, 0.5) is 4.39 Å². The summed E-state index contributed by atoms with van der Waals surface area (Å²) >= 11 is 0. The first-order chi connectivity index (χ1) is 7.91. The molecule has 0 saturated heterocycles. The second kappa shape index (κ2) is 5.62. The van der Waals surface area contributed by atoms with E-state index < -0.39 is 11.8 Å². The molecule has 1 N–H and O–H groups in total. The maximum Gasteiger partial charge on any atom is 0.365 e. The molecule has 0 aliphatic heterocycles. The Morgan fingerprint density at radius 1 is 1.29 bits per heavy atom. The molecule has 3 heteroatoms. The zero-order valence-electron chi connectivity index (χ0n) is 10.3. The maximum absolute atomic E-state index is 13.2. The predicted octanol–water partition coefficient (Wildman–Crippen LogP) is 3.67. The van der Waals surface area contributed by atoms with Gasteiger partial charge in [-0.1, -0.05) is 38.1 Å². The van der Waals surface area contributed by atoms with Crippen LogP contribution in [0.15, 0.2) is 30.1 Å². The van der Waals surface area contributed by atoms with Gasteiger partial charge in [-0.3, -0.25) is 0 Å². The highest BCUT2D eigenvalue weighted by atomic mass is 19.1. The number of aliphatic carboxylic acids is 1. The SMILES string of the molecule is CC(=C(F)C(=O)O)c1ccc(CC(C)C)cc1. The summed E-state index contributed by atoms with van der Waals surface area (Å²) in [6, 6.07) is 7.34. The quantitative estimate of drug-likeness (QED) is 0.810. The Morgan fingerprint density at radius 2 is 1.82 bits per heavy atom. The lowest BCUT2D eigenvalue weighted by atomic mass is 9.99. The van der Waals surface area contributed by atoms with Gasteiger partial charge in [0.15, 0.2) is 0 Å². The average Bonchev–Trinajstić information content (AvgIpc) is 2.27. The number of allylic oxidation sites excluding steroid dienone is 1. The monoisotopic (exact) mass is 236 g/mol. The predicted molar refractivity (Wildman–Crippen MR) is 66.3 cm³/mol. The summed E-state index contributed by atoms with van der Waals surface area (Å²) in [5.74, 6) is -2.05. The number of halogens is 1. The van der Waals surface area contributed by atoms with E-state index in [4.69, 9.17) is 5.11 Å². The topological polar surface area (TPSA) is 37.3 Å². The number of hydrogen-bond donors (Lipinski definition) is 1. The summed E-state index contributed by atoms with van der Waals surface area (Å²) in [5, 5.41) is 8.55. The van der Waals surface area contributed by atoms with Crippen LogP contribution in [0.25, 0.3) is 5.57 Å². The van der Waals surface area contributed by atoms with Crippen LogP contribution >= 0.6 is 0 Å². The molecule has 0 radical (unpaired) electrons. The van der Waals surface area contributed by atoms with E-state index in [0.717, 1.165) is 6.42 Å². The third-order valence-corrected chi connectivity index (χ3v) is 2.55. The molecular formula is C14H17FO2. The first-order valence-corrected chi connectivity index (χ1v) is 5.60. The molecule has 0 heterocycles. The van der Waals surface area contributed by atoms with Crippen LogP contribution in [0.1, 0.15) is 31.9 Å². The Morgan fingerprint density at radius 3 is 2.24 bits per heavy atom. The van der Waals surface area contributed by atoms with Crippen LogP contribution < -0.4 is 0 Å². The molecular weight excluding hydrogens is 219 g/mol. The van der Waals surface area contributed by atoms with Gasteiger partial charge in [0, 0.05) is 0 Å². The molecule has 0 aliphatic rings. The standard InChI is InChI=1S/C14H17FO2/c1-9(2)8-11-4-6-12(7-5-11)10(3)13(15)14(16)17/h4-7,9H,8H2,1-3H3,(H,16,17). The Hall–Kier alpha value is -1.64. The molecule has 0 spiro atoms. The molecule has 0 bridgehead atoms. The molecule has 1 rings (SSSR count). The Balaban J connectivity index is 2.95. The number of carbonyl (C=O) groups is 1. The van der Waals surface area contributed by atoms with Gasteiger partial charge < -0.3 is 5.11 Å². The van der Waals surface area contributed by atoms with Crippen LogP contribution in [-0.2, 0) is 11.2 Å². The van der Waals surface area contributed by atoms with Crippen LogP contribution in [0, 0.1) is 5.92 Å². The lowest BCUT2D eigenvalue weighted by Gasteiger charge is -2.07. The van der Waals surface area contributed by atoms with E-state index in [2.05, 4.69) is 13.8 Å². The van der Waals surface area contributed by atoms with Crippen molar-refractivity contribution >= 4 is 11.5 Å². The normalized spacial score (nSPS) is 12.5. The average molecular weight is 236 g/mol. The van der Waals surface area contributed by atoms with E-state index in [9.17, 15) is 9.18 Å². The molecule has 1 aromatic carbocycles. The summed E-state index contributed by atoms with van der Waals surface area (Å²) in [6.07, 6.45) is 0.963. The Kier molecular flexibility index (Phi) is 4.44. The van der Waals surface area contributed by atoms with Crippen molar-refractivity contribution in [2.24, 2.45) is 5.92 Å². The second-order valence-corrected chi connectivity index (χ2v) is 4.54. The molecule has 0 fully saturated rings. The van der Waals surface area contributed by atoms with E-state index in [-0.39, 0.29) is 5.57 Å². The number of benzene rings is 1. The summed E-state index contributed by atoms with van der Waals surface area (Å²) in [7, 11) is 0. The van der Waals surface area contributed by atoms with Gasteiger partial charge in [-0.05, 0) is 36.0 Å². The van der Waals surface area contributed by atoms with Gasteiger partial charge in [-0.15, -0.1) is 0 Å². The zero-order chi connectivity index (χ0) is 13.0. The van der Waals surface area contributed by atoms with E-state index in [0.29, 0.717) is 11.5 Å². The largest absolute Gasteiger partial charge is 0.476 e. The fourth-order valence-corrected chi connectivity index (χ4v) is 1.65. The van der Waals surface area contributed by atoms with Gasteiger partial charge >= 0.3 is 5.97 Å². The third kappa shape index (κ3) is 3.70. The molecule has 0 unspecified atom stereocenters. The molecule has 92 valence electrons. The highest BCUT2D eigenvalue weighted by Crippen LogP contribution is 2.20. The fourth-order valence-electron chi connectivity index (χ4n) is 1.65. The summed E-state index contributed by atoms with van der Waals surface area (Å²) in [5.41, 5.74) is 1.94. The van der Waals surface area contributed by atoms with Crippen molar-refractivity contribution in [2.75, 3.05) is 0 Å². The smallest absolute Gasteiger partial charge is 0.365 e. The summed E-state index contributed by atoms with van der Waals surface area (Å²) in [4.78, 5) is 10.5. The zero-order valence-corrected chi connectivity index (χ0v) is 10.3. The van der Waals surface area contributed by atoms with Crippen LogP contribution in [-0.4, -0.2) is 11.1 Å². The fraction of sp³-hybridized carbons (Fsp3) is 0.357. The number of rotatable bonds is 4. The molecule has 2 nitrogen and oxygen atoms in total. The van der Waals surface area contributed by atoms with Gasteiger partial charge in [0.25, 0.3) is 0 Å². The van der Waals surface area contributed by atoms with Crippen LogP contribution in [0.3, 0.4) is 0 Å². The highest BCUT2D eigenvalue weighted by molar-refractivity contribution is 5.93. The van der Waals surface area contributed by atoms with Crippen molar-refractivity contribution in [1.82, 2.24) is 0 Å². The molecule has 0 aromatic heterocycles. The molecule has 1 aromatic rings. The van der Waals surface area contributed by atoms with E-state index in [1.54, 1.807) is 12.1 Å². The minimum atomic E-state index is -1.52. The minimum absolute atomic E-state index is 0.161. The first kappa shape index (κ1) is 13.4. The van der Waals surface area contributed by atoms with Crippen LogP contribution in [0.5, 0.6) is 0 Å². The van der Waals surface area contributed by atoms with Crippen LogP contribution in [0.2, 0.25) is 0 Å². The van der Waals surface area contributed by atoms with Crippen molar-refractivity contribution in [3.63, 3.8) is 0 Å². The van der Waals surface area contributed by atoms with E-state index in [1.807, 2.05) is 12.1 Å². The maximum atomic E-state index is 13.2. The number of carboxylic acid groups (broad SMARTS) is 1. The summed E-state index contributed by atoms with van der Waals surface area (Å²) < 4.78 is 13.2. The van der Waals surface area contributed by atoms with Crippen molar-refractivity contribution in [2.45, 2.75) is 27.2 Å². The van der Waals surface area contributed by atoms with Crippen molar-refractivity contribution < 1.29 is 14.3 Å². The summed E-state index contributed by atoms with van der Waals surface area (Å²) in [6.45, 7) is 5.73. The van der Waals surface area contributed by atoms with Crippen molar-refractivity contribution in [3.05, 3.63) is 41.2 Å². The van der Waals surface area contributed by atoms with Gasteiger partial charge in [-0.25, -0.2) is 4.79 Å². The van der Waals surface area contributed by atoms with E-state index in [1.165, 1.54) is 12.5 Å². The molecule has 17 heavy (non-hydrogen) atoms. The van der Waals surface area contributed by atoms with Crippen molar-refractivity contribution in [3.8, 4) is 0 Å². The molecule has 0 atom stereocenters. The van der Waals surface area contributed by atoms with Gasteiger partial charge in [-0.2, -0.15) is 4.39 Å². The Labute approximate surface area is 101 Å². The number of hydrogen-bond acceptors (Lipinski definition) is 1. The van der Waals surface area contributed by atoms with Gasteiger partial charge in [0.1, 0.15) is 0 Å². The highest BCUT2D eigenvalue weighted by Gasteiger charge is 2.11. The second-order valence-electron chi connectivity index (χ2n) is 4.54. The lowest BCUT2D eigenvalue weighted by Crippen LogP contribution is -1.98. The molecule has 0 amide bonds. The van der Waals surface area contributed by atoms with E-state index >= 15 is 0 Å². The third-order valence-electron chi connectivity index (χ3n) is 2.55. The number of carboxylic acids is 1. The Bertz CT molecular complexity index is 430. The van der Waals surface area contributed by atoms with Crippen molar-refractivity contribution in [1.29, 1.82) is 0 Å². The molecule has 0 aliphatic carbocycles. The minimum Gasteiger partial charge on any atom is -0.476 e. The lowest BCUT2D eigenvalue weighted by molar-refractivity contribution is -0.134. The van der Waals surface area contributed by atoms with Gasteiger partial charge in [0.05, 0.1) is 0 Å². The molecule has 0 saturated carbocycles. The first-order valence-electron chi connectivity index (χ1n) is 5.60. The van der Waals surface area contributed by atoms with Gasteiger partial charge in [0.2, 0.25) is 5.83 Å².